The molecule has 2 aromatic carbocycles. The second kappa shape index (κ2) is 11.3. The van der Waals surface area contributed by atoms with Crippen LogP contribution in [0.5, 0.6) is 5.75 Å². The average Bonchev–Trinajstić information content (AvgIpc) is 2.87. The van der Waals surface area contributed by atoms with E-state index in [9.17, 15) is 9.59 Å². The first-order valence-corrected chi connectivity index (χ1v) is 11.5. The lowest BCUT2D eigenvalue weighted by Crippen LogP contribution is -2.42. The molecule has 33 heavy (non-hydrogen) atoms. The number of carbonyl (C=O) groups is 2. The molecular formula is C27H29N3O3. The van der Waals surface area contributed by atoms with Crippen LogP contribution in [0.1, 0.15) is 24.8 Å². The third-order valence-electron chi connectivity index (χ3n) is 5.87. The number of amides is 2. The van der Waals surface area contributed by atoms with E-state index in [1.54, 1.807) is 12.3 Å². The number of benzene rings is 2. The summed E-state index contributed by atoms with van der Waals surface area (Å²) in [4.78, 5) is 31.1. The Morgan fingerprint density at radius 2 is 1.82 bits per heavy atom. The molecule has 1 saturated heterocycles. The van der Waals surface area contributed by atoms with E-state index in [1.165, 1.54) is 0 Å². The van der Waals surface area contributed by atoms with Crippen LogP contribution < -0.4 is 10.1 Å². The lowest BCUT2D eigenvalue weighted by Gasteiger charge is -2.30. The van der Waals surface area contributed by atoms with Crippen molar-refractivity contribution in [1.82, 2.24) is 15.2 Å². The number of pyridine rings is 1. The number of piperidine rings is 1. The van der Waals surface area contributed by atoms with E-state index >= 15 is 0 Å². The third kappa shape index (κ3) is 6.19. The van der Waals surface area contributed by atoms with Gasteiger partial charge in [-0.1, -0.05) is 48.5 Å². The fourth-order valence-corrected chi connectivity index (χ4v) is 4.00. The molecule has 6 nitrogen and oxygen atoms in total. The van der Waals surface area contributed by atoms with Crippen LogP contribution in [0.15, 0.2) is 72.9 Å². The van der Waals surface area contributed by atoms with Gasteiger partial charge in [0, 0.05) is 43.2 Å². The molecule has 2 amide bonds. The van der Waals surface area contributed by atoms with E-state index in [2.05, 4.69) is 10.3 Å². The molecular weight excluding hydrogens is 414 g/mol. The molecule has 2 heterocycles. The fraction of sp³-hybridized carbons (Fsp3) is 0.296. The van der Waals surface area contributed by atoms with E-state index in [0.717, 1.165) is 28.6 Å². The summed E-state index contributed by atoms with van der Waals surface area (Å²) in [6, 6.07) is 19.6. The Kier molecular flexibility index (Phi) is 7.69. The van der Waals surface area contributed by atoms with E-state index in [-0.39, 0.29) is 17.7 Å². The first-order valence-electron chi connectivity index (χ1n) is 11.5. The van der Waals surface area contributed by atoms with Crippen LogP contribution in [0.4, 0.5) is 0 Å². The number of ether oxygens (including phenoxy) is 1. The van der Waals surface area contributed by atoms with Gasteiger partial charge in [0.2, 0.25) is 11.8 Å². The van der Waals surface area contributed by atoms with Crippen LogP contribution in [-0.4, -0.2) is 47.9 Å². The van der Waals surface area contributed by atoms with Gasteiger partial charge in [0.1, 0.15) is 11.3 Å². The van der Waals surface area contributed by atoms with Gasteiger partial charge in [-0.15, -0.1) is 0 Å². The smallest absolute Gasteiger partial charge is 0.246 e. The summed E-state index contributed by atoms with van der Waals surface area (Å²) < 4.78 is 5.88. The van der Waals surface area contributed by atoms with Gasteiger partial charge in [-0.2, -0.15) is 0 Å². The van der Waals surface area contributed by atoms with Gasteiger partial charge in [0.05, 0.1) is 6.61 Å². The summed E-state index contributed by atoms with van der Waals surface area (Å²) >= 11 is 0. The lowest BCUT2D eigenvalue weighted by molar-refractivity contribution is -0.132. The molecule has 0 unspecified atom stereocenters. The quantitative estimate of drug-likeness (QED) is 0.421. The number of hydrogen-bond donors (Lipinski definition) is 1. The predicted octanol–water partition coefficient (Wildman–Crippen LogP) is 4.07. The Balaban J connectivity index is 1.15. The molecule has 0 radical (unpaired) electrons. The van der Waals surface area contributed by atoms with Crippen LogP contribution in [0, 0.1) is 5.92 Å². The van der Waals surface area contributed by atoms with Crippen LogP contribution in [0.25, 0.3) is 17.0 Å². The van der Waals surface area contributed by atoms with Gasteiger partial charge in [-0.05, 0) is 43.0 Å². The Hall–Kier alpha value is -3.67. The van der Waals surface area contributed by atoms with E-state index in [4.69, 9.17) is 4.74 Å². The van der Waals surface area contributed by atoms with Crippen molar-refractivity contribution >= 4 is 28.8 Å². The normalized spacial score (nSPS) is 14.5. The number of nitrogens with one attached hydrogen (secondary N) is 1. The van der Waals surface area contributed by atoms with Gasteiger partial charge in [-0.3, -0.25) is 14.6 Å². The maximum absolute atomic E-state index is 12.5. The van der Waals surface area contributed by atoms with Crippen molar-refractivity contribution in [3.63, 3.8) is 0 Å². The Morgan fingerprint density at radius 3 is 2.64 bits per heavy atom. The van der Waals surface area contributed by atoms with Gasteiger partial charge < -0.3 is 15.0 Å². The maximum atomic E-state index is 12.5. The first kappa shape index (κ1) is 22.5. The van der Waals surface area contributed by atoms with Gasteiger partial charge in [0.15, 0.2) is 0 Å². The fourth-order valence-electron chi connectivity index (χ4n) is 4.00. The number of likely N-dealkylation sites (tertiary alicyclic amines) is 1. The first-order chi connectivity index (χ1) is 16.2. The Morgan fingerprint density at radius 1 is 1.03 bits per heavy atom. The lowest BCUT2D eigenvalue weighted by atomic mass is 9.96. The highest BCUT2D eigenvalue weighted by molar-refractivity contribution is 5.92. The number of nitrogens with zero attached hydrogens (tertiary/aromatic N) is 2. The molecule has 0 bridgehead atoms. The molecule has 1 aromatic heterocycles. The second-order valence-corrected chi connectivity index (χ2v) is 8.17. The summed E-state index contributed by atoms with van der Waals surface area (Å²) in [6.07, 6.45) is 7.30. The number of para-hydroxylation sites is 1. The van der Waals surface area contributed by atoms with Gasteiger partial charge >= 0.3 is 0 Å². The van der Waals surface area contributed by atoms with Crippen molar-refractivity contribution in [2.45, 2.75) is 19.3 Å². The van der Waals surface area contributed by atoms with Crippen molar-refractivity contribution in [2.24, 2.45) is 5.92 Å². The molecule has 4 rings (SSSR count). The molecule has 0 aliphatic carbocycles. The highest BCUT2D eigenvalue weighted by Gasteiger charge is 2.26. The largest absolute Gasteiger partial charge is 0.491 e. The number of rotatable bonds is 8. The highest BCUT2D eigenvalue weighted by Crippen LogP contribution is 2.23. The van der Waals surface area contributed by atoms with Crippen molar-refractivity contribution in [2.75, 3.05) is 26.2 Å². The molecule has 170 valence electrons. The molecule has 0 saturated carbocycles. The molecule has 0 atom stereocenters. The number of carbonyl (C=O) groups excluding carboxylic acids is 2. The van der Waals surface area contributed by atoms with E-state index in [1.807, 2.05) is 71.6 Å². The summed E-state index contributed by atoms with van der Waals surface area (Å²) in [6.45, 7) is 2.28. The SMILES string of the molecule is O=C(NCCCOc1cccc2cccnc12)C1CCN(C(=O)/C=C/c2ccccc2)CC1. The third-order valence-corrected chi connectivity index (χ3v) is 5.87. The Labute approximate surface area is 194 Å². The summed E-state index contributed by atoms with van der Waals surface area (Å²) in [7, 11) is 0. The minimum absolute atomic E-state index is 0.00205. The number of hydrogen-bond acceptors (Lipinski definition) is 4. The predicted molar refractivity (Wildman–Crippen MR) is 130 cm³/mol. The molecule has 1 N–H and O–H groups in total. The van der Waals surface area contributed by atoms with Gasteiger partial charge in [0.25, 0.3) is 0 Å². The van der Waals surface area contributed by atoms with Crippen LogP contribution in [0.3, 0.4) is 0 Å². The molecule has 1 fully saturated rings. The topological polar surface area (TPSA) is 71.5 Å². The Bertz CT molecular complexity index is 1100. The van der Waals surface area contributed by atoms with Crippen LogP contribution >= 0.6 is 0 Å². The molecule has 3 aromatic rings. The average molecular weight is 444 g/mol. The molecule has 1 aliphatic rings. The summed E-state index contributed by atoms with van der Waals surface area (Å²) in [5.41, 5.74) is 1.85. The molecule has 1 aliphatic heterocycles. The maximum Gasteiger partial charge on any atom is 0.246 e. The van der Waals surface area contributed by atoms with Crippen LogP contribution in [0.2, 0.25) is 0 Å². The standard InChI is InChI=1S/C27H29N3O3/c31-25(13-12-21-7-2-1-3-8-21)30-18-14-23(15-19-30)27(32)29-17-6-20-33-24-11-4-9-22-10-5-16-28-26(22)24/h1-5,7-13,16,23H,6,14-15,17-20H2,(H,29,32)/b13-12+. The van der Waals surface area contributed by atoms with Crippen molar-refractivity contribution in [3.8, 4) is 5.75 Å². The number of fused-ring (bicyclic) bond motifs is 1. The van der Waals surface area contributed by atoms with E-state index < -0.39 is 0 Å². The van der Waals surface area contributed by atoms with Crippen molar-refractivity contribution in [3.05, 3.63) is 78.5 Å². The summed E-state index contributed by atoms with van der Waals surface area (Å²) in [5, 5.41) is 4.06. The number of aromatic nitrogens is 1. The van der Waals surface area contributed by atoms with Crippen LogP contribution in [-0.2, 0) is 9.59 Å². The zero-order chi connectivity index (χ0) is 22.9. The zero-order valence-electron chi connectivity index (χ0n) is 18.7. The molecule has 0 spiro atoms. The van der Waals surface area contributed by atoms with Gasteiger partial charge in [-0.25, -0.2) is 0 Å². The highest BCUT2D eigenvalue weighted by atomic mass is 16.5. The zero-order valence-corrected chi connectivity index (χ0v) is 18.7. The minimum Gasteiger partial charge on any atom is -0.491 e. The second-order valence-electron chi connectivity index (χ2n) is 8.17. The minimum atomic E-state index is -0.0460. The van der Waals surface area contributed by atoms with Crippen molar-refractivity contribution < 1.29 is 14.3 Å². The summed E-state index contributed by atoms with van der Waals surface area (Å²) in [5.74, 6) is 0.777. The monoisotopic (exact) mass is 443 g/mol. The molecule has 6 heteroatoms. The van der Waals surface area contributed by atoms with Crippen molar-refractivity contribution in [1.29, 1.82) is 0 Å². The van der Waals surface area contributed by atoms with E-state index in [0.29, 0.717) is 39.1 Å².